The number of esters is 1. The Kier molecular flexibility index (Phi) is 8.24. The molecule has 0 saturated carbocycles. The van der Waals surface area contributed by atoms with Gasteiger partial charge in [0.05, 0.1) is 24.1 Å². The van der Waals surface area contributed by atoms with Crippen molar-refractivity contribution in [3.05, 3.63) is 35.1 Å². The number of rotatable bonds is 9. The van der Waals surface area contributed by atoms with Gasteiger partial charge < -0.3 is 14.6 Å². The summed E-state index contributed by atoms with van der Waals surface area (Å²) in [5.41, 5.74) is -3.81. The maximum atomic E-state index is 13.8. The van der Waals surface area contributed by atoms with Crippen LogP contribution in [0.15, 0.2) is 29.3 Å². The number of benzene rings is 1. The highest BCUT2D eigenvalue weighted by Crippen LogP contribution is 2.41. The summed E-state index contributed by atoms with van der Waals surface area (Å²) < 4.78 is 79.9. The van der Waals surface area contributed by atoms with Crippen LogP contribution in [0.3, 0.4) is 0 Å². The van der Waals surface area contributed by atoms with Gasteiger partial charge in [0.25, 0.3) is 10.0 Å². The number of fused-ring (bicyclic) bond motifs is 1. The van der Waals surface area contributed by atoms with E-state index in [1.54, 1.807) is 6.92 Å². The van der Waals surface area contributed by atoms with E-state index in [0.717, 1.165) is 18.2 Å². The number of carboxylic acid groups (broad SMARTS) is 1. The number of alkyl halides is 3. The third kappa shape index (κ3) is 6.43. The van der Waals surface area contributed by atoms with Crippen molar-refractivity contribution in [2.75, 3.05) is 10.8 Å². The summed E-state index contributed by atoms with van der Waals surface area (Å²) in [6.45, 7) is 6.18. The van der Waals surface area contributed by atoms with Gasteiger partial charge in [-0.2, -0.15) is 18.3 Å². The average molecular weight is 596 g/mol. The van der Waals surface area contributed by atoms with Crippen LogP contribution in [0.25, 0.3) is 0 Å². The molecule has 15 heteroatoms. The zero-order chi connectivity index (χ0) is 29.6. The van der Waals surface area contributed by atoms with E-state index >= 15 is 0 Å². The summed E-state index contributed by atoms with van der Waals surface area (Å²) >= 11 is 6.14. The summed E-state index contributed by atoms with van der Waals surface area (Å²) in [7, 11) is -4.37. The van der Waals surface area contributed by atoms with E-state index in [2.05, 4.69) is 9.84 Å². The molecule has 1 aliphatic heterocycles. The van der Waals surface area contributed by atoms with E-state index in [4.69, 9.17) is 16.3 Å². The van der Waals surface area contributed by atoms with Crippen LogP contribution in [0.2, 0.25) is 5.15 Å². The third-order valence-corrected chi connectivity index (χ3v) is 8.42. The van der Waals surface area contributed by atoms with Gasteiger partial charge in [-0.3, -0.25) is 18.6 Å². The first-order valence-electron chi connectivity index (χ1n) is 11.9. The molecule has 0 amide bonds. The Balaban J connectivity index is 2.02. The molecule has 0 aliphatic carbocycles. The molecular formula is C24H29ClF3N3O7S. The molecule has 2 aromatic rings. The van der Waals surface area contributed by atoms with Gasteiger partial charge in [0.1, 0.15) is 16.7 Å². The first-order chi connectivity index (χ1) is 17.8. The fourth-order valence-corrected chi connectivity index (χ4v) is 5.78. The predicted molar refractivity (Wildman–Crippen MR) is 134 cm³/mol. The van der Waals surface area contributed by atoms with Gasteiger partial charge in [0.15, 0.2) is 5.15 Å². The van der Waals surface area contributed by atoms with Crippen LogP contribution in [-0.4, -0.2) is 59.7 Å². The number of hydrogen-bond acceptors (Lipinski definition) is 7. The number of sulfonamides is 1. The lowest BCUT2D eigenvalue weighted by molar-refractivity contribution is -0.257. The number of carbonyl (C=O) groups is 2. The van der Waals surface area contributed by atoms with Gasteiger partial charge in [-0.25, -0.2) is 8.42 Å². The molecule has 2 heterocycles. The number of aliphatic carboxylic acids is 1. The molecule has 0 radical (unpaired) electrons. The molecule has 0 unspecified atom stereocenters. The van der Waals surface area contributed by atoms with Gasteiger partial charge >= 0.3 is 18.1 Å². The Morgan fingerprint density at radius 3 is 2.41 bits per heavy atom. The van der Waals surface area contributed by atoms with Crippen LogP contribution < -0.4 is 9.04 Å². The lowest BCUT2D eigenvalue weighted by atomic mass is 9.86. The minimum Gasteiger partial charge on any atom is -0.486 e. The number of halogens is 4. The predicted octanol–water partition coefficient (Wildman–Crippen LogP) is 4.44. The molecule has 0 spiro atoms. The van der Waals surface area contributed by atoms with Gasteiger partial charge in [-0.05, 0) is 52.3 Å². The highest BCUT2D eigenvalue weighted by atomic mass is 35.5. The Labute approximate surface area is 228 Å². The maximum Gasteiger partial charge on any atom is 0.427 e. The van der Waals surface area contributed by atoms with E-state index in [9.17, 15) is 36.3 Å². The van der Waals surface area contributed by atoms with Crippen LogP contribution in [0, 0.1) is 5.41 Å². The van der Waals surface area contributed by atoms with Crippen LogP contribution >= 0.6 is 11.6 Å². The van der Waals surface area contributed by atoms with E-state index < -0.39 is 51.7 Å². The highest BCUT2D eigenvalue weighted by Gasteiger charge is 2.50. The number of carboxylic acids is 1. The topological polar surface area (TPSA) is 128 Å². The number of hydrogen-bond donors (Lipinski definition) is 1. The zero-order valence-corrected chi connectivity index (χ0v) is 23.4. The van der Waals surface area contributed by atoms with Crippen molar-refractivity contribution >= 4 is 39.3 Å². The van der Waals surface area contributed by atoms with Gasteiger partial charge in [-0.1, -0.05) is 17.7 Å². The molecule has 1 N–H and O–H groups in total. The van der Waals surface area contributed by atoms with Crippen LogP contribution in [0.1, 0.15) is 46.6 Å². The third-order valence-electron chi connectivity index (χ3n) is 6.25. The molecule has 3 rings (SSSR count). The van der Waals surface area contributed by atoms with Crippen LogP contribution in [0.4, 0.5) is 18.9 Å². The second-order valence-corrected chi connectivity index (χ2v) is 12.5. The number of nitrogens with zero attached hydrogens (tertiary/aromatic N) is 3. The number of anilines is 1. The molecule has 39 heavy (non-hydrogen) atoms. The normalized spacial score (nSPS) is 16.4. The molecule has 216 valence electrons. The van der Waals surface area contributed by atoms with Gasteiger partial charge in [-0.15, -0.1) is 0 Å². The molecule has 1 aromatic carbocycles. The van der Waals surface area contributed by atoms with Crippen molar-refractivity contribution < 1.29 is 45.8 Å². The average Bonchev–Trinajstić information content (AvgIpc) is 3.18. The maximum absolute atomic E-state index is 13.8. The molecule has 1 atom stereocenters. The Morgan fingerprint density at radius 2 is 1.87 bits per heavy atom. The van der Waals surface area contributed by atoms with E-state index in [1.807, 2.05) is 0 Å². The van der Waals surface area contributed by atoms with Crippen molar-refractivity contribution in [3.8, 4) is 5.75 Å². The SMILES string of the molecule is CCn1cc(S(=O)(=O)N2C[C@H](CC(C)(C)C(=O)O)Oc3ccc(CC(=O)OC(C)(C)C(F)(F)F)cc32)c(Cl)n1. The number of ether oxygens (including phenoxy) is 2. The highest BCUT2D eigenvalue weighted by molar-refractivity contribution is 7.93. The quantitative estimate of drug-likeness (QED) is 0.422. The second kappa shape index (κ2) is 10.5. The summed E-state index contributed by atoms with van der Waals surface area (Å²) in [5, 5.41) is 13.3. The molecule has 0 fully saturated rings. The van der Waals surface area contributed by atoms with E-state index in [-0.39, 0.29) is 40.0 Å². The van der Waals surface area contributed by atoms with E-state index in [1.165, 1.54) is 42.9 Å². The molecule has 1 aliphatic rings. The van der Waals surface area contributed by atoms with Crippen molar-refractivity contribution in [2.45, 2.75) is 76.8 Å². The summed E-state index contributed by atoms with van der Waals surface area (Å²) in [4.78, 5) is 23.7. The fraction of sp³-hybridized carbons (Fsp3) is 0.542. The minimum absolute atomic E-state index is 0.0000721. The van der Waals surface area contributed by atoms with Gasteiger partial charge in [0.2, 0.25) is 5.60 Å². The van der Waals surface area contributed by atoms with Gasteiger partial charge in [0, 0.05) is 19.2 Å². The Hall–Kier alpha value is -3.00. The zero-order valence-electron chi connectivity index (χ0n) is 21.9. The number of carbonyl (C=O) groups excluding carboxylic acids is 1. The largest absolute Gasteiger partial charge is 0.486 e. The lowest BCUT2D eigenvalue weighted by Crippen LogP contribution is -2.46. The number of aryl methyl sites for hydroxylation is 1. The molecule has 0 bridgehead atoms. The minimum atomic E-state index is -4.79. The number of aromatic nitrogens is 2. The second-order valence-electron chi connectivity index (χ2n) is 10.3. The van der Waals surface area contributed by atoms with Crippen molar-refractivity contribution in [1.29, 1.82) is 0 Å². The molecule has 0 saturated heterocycles. The summed E-state index contributed by atoms with van der Waals surface area (Å²) in [6.07, 6.45) is -5.04. The van der Waals surface area contributed by atoms with Crippen LogP contribution in [-0.2, 0) is 37.3 Å². The fourth-order valence-electron chi connectivity index (χ4n) is 3.84. The first kappa shape index (κ1) is 30.5. The first-order valence-corrected chi connectivity index (χ1v) is 13.7. The molecule has 10 nitrogen and oxygen atoms in total. The standard InChI is InChI=1S/C24H29ClF3N3O7S/c1-6-30-13-18(20(25)29-30)39(35,36)31-12-15(11-22(2,3)21(33)34)37-17-8-7-14(9-16(17)31)10-19(32)38-23(4,5)24(26,27)28/h7-9,13,15H,6,10-12H2,1-5H3,(H,33,34)/t15-/m0/s1. The van der Waals surface area contributed by atoms with Crippen LogP contribution in [0.5, 0.6) is 5.75 Å². The molecular weight excluding hydrogens is 567 g/mol. The summed E-state index contributed by atoms with van der Waals surface area (Å²) in [5.74, 6) is -2.20. The molecule has 1 aromatic heterocycles. The van der Waals surface area contributed by atoms with Crippen molar-refractivity contribution in [3.63, 3.8) is 0 Å². The van der Waals surface area contributed by atoms with Crippen molar-refractivity contribution in [1.82, 2.24) is 9.78 Å². The lowest BCUT2D eigenvalue weighted by Gasteiger charge is -2.37. The Morgan fingerprint density at radius 1 is 1.23 bits per heavy atom. The monoisotopic (exact) mass is 595 g/mol. The van der Waals surface area contributed by atoms with E-state index in [0.29, 0.717) is 6.54 Å². The smallest absolute Gasteiger partial charge is 0.427 e. The summed E-state index contributed by atoms with van der Waals surface area (Å²) in [6, 6.07) is 4.05. The van der Waals surface area contributed by atoms with Crippen molar-refractivity contribution in [2.24, 2.45) is 5.41 Å². The Bertz CT molecular complexity index is 1370.